The van der Waals surface area contributed by atoms with Crippen molar-refractivity contribution in [1.82, 2.24) is 0 Å². The summed E-state index contributed by atoms with van der Waals surface area (Å²) in [6.45, 7) is 0.917. The summed E-state index contributed by atoms with van der Waals surface area (Å²) >= 11 is 0. The second-order valence-electron chi connectivity index (χ2n) is 10.4. The molecule has 1 aliphatic rings. The lowest BCUT2D eigenvalue weighted by molar-refractivity contribution is -0.312. The summed E-state index contributed by atoms with van der Waals surface area (Å²) in [5.41, 5.74) is 3.67. The average Bonchev–Trinajstić information content (AvgIpc) is 3.04. The number of ether oxygens (including phenoxy) is 5. The fraction of sp³-hybridized carbons (Fsp3) is 0.294. The molecule has 1 heterocycles. The van der Waals surface area contributed by atoms with Crippen LogP contribution in [0.1, 0.15) is 22.3 Å². The lowest BCUT2D eigenvalue weighted by atomic mass is 9.98. The molecule has 0 amide bonds. The molecular formula is C34H37O9P. The van der Waals surface area contributed by atoms with Crippen molar-refractivity contribution in [3.63, 3.8) is 0 Å². The van der Waals surface area contributed by atoms with Gasteiger partial charge in [0.2, 0.25) is 0 Å². The third kappa shape index (κ3) is 9.90. The Morgan fingerprint density at radius 1 is 0.545 bits per heavy atom. The van der Waals surface area contributed by atoms with Crippen molar-refractivity contribution < 1.29 is 42.6 Å². The first-order chi connectivity index (χ1) is 21.4. The molecule has 232 valence electrons. The monoisotopic (exact) mass is 620 g/mol. The number of rotatable bonds is 15. The molecule has 44 heavy (non-hydrogen) atoms. The van der Waals surface area contributed by atoms with E-state index in [2.05, 4.69) is 0 Å². The van der Waals surface area contributed by atoms with E-state index >= 15 is 0 Å². The number of phosphoric acid groups is 1. The summed E-state index contributed by atoms with van der Waals surface area (Å²) in [6.07, 6.45) is -4.93. The van der Waals surface area contributed by atoms with Gasteiger partial charge in [-0.05, 0) is 22.3 Å². The van der Waals surface area contributed by atoms with E-state index in [1.54, 1.807) is 0 Å². The van der Waals surface area contributed by atoms with Gasteiger partial charge in [-0.1, -0.05) is 121 Å². The van der Waals surface area contributed by atoms with E-state index in [0.29, 0.717) is 6.61 Å². The van der Waals surface area contributed by atoms with Gasteiger partial charge in [-0.25, -0.2) is 4.57 Å². The molecule has 10 heteroatoms. The summed E-state index contributed by atoms with van der Waals surface area (Å²) < 4.78 is 48.9. The molecule has 0 aromatic heterocycles. The second kappa shape index (κ2) is 16.2. The maximum absolute atomic E-state index is 12.1. The second-order valence-corrected chi connectivity index (χ2v) is 11.6. The molecule has 5 rings (SSSR count). The Kier molecular flexibility index (Phi) is 11.9. The summed E-state index contributed by atoms with van der Waals surface area (Å²) in [4.78, 5) is 19.7. The average molecular weight is 621 g/mol. The van der Waals surface area contributed by atoms with Crippen molar-refractivity contribution in [3.05, 3.63) is 144 Å². The Balaban J connectivity index is 1.44. The van der Waals surface area contributed by atoms with Gasteiger partial charge in [0.15, 0.2) is 6.29 Å². The van der Waals surface area contributed by atoms with Crippen LogP contribution in [0.4, 0.5) is 0 Å². The molecule has 9 nitrogen and oxygen atoms in total. The molecule has 1 aliphatic heterocycles. The first kappa shape index (κ1) is 32.2. The van der Waals surface area contributed by atoms with Crippen LogP contribution < -0.4 is 0 Å². The highest BCUT2D eigenvalue weighted by molar-refractivity contribution is 7.46. The van der Waals surface area contributed by atoms with Crippen molar-refractivity contribution in [1.29, 1.82) is 0 Å². The molecule has 0 radical (unpaired) electrons. The Bertz CT molecular complexity index is 1420. The predicted molar refractivity (Wildman–Crippen MR) is 163 cm³/mol. The van der Waals surface area contributed by atoms with Crippen LogP contribution in [-0.4, -0.2) is 47.1 Å². The Labute approximate surface area is 257 Å². The molecule has 1 saturated heterocycles. The highest BCUT2D eigenvalue weighted by atomic mass is 31.2. The molecule has 4 aromatic carbocycles. The lowest BCUT2D eigenvalue weighted by Crippen LogP contribution is -2.61. The fourth-order valence-electron chi connectivity index (χ4n) is 4.97. The summed E-state index contributed by atoms with van der Waals surface area (Å²) in [7, 11) is -5.00. The van der Waals surface area contributed by atoms with E-state index in [4.69, 9.17) is 28.2 Å². The van der Waals surface area contributed by atoms with Crippen molar-refractivity contribution in [2.75, 3.05) is 6.61 Å². The van der Waals surface area contributed by atoms with Gasteiger partial charge in [0.05, 0.1) is 33.0 Å². The van der Waals surface area contributed by atoms with Crippen molar-refractivity contribution in [3.8, 4) is 0 Å². The van der Waals surface area contributed by atoms with E-state index in [-0.39, 0.29) is 26.4 Å². The highest BCUT2D eigenvalue weighted by Gasteiger charge is 2.50. The molecular weight excluding hydrogens is 583 g/mol. The smallest absolute Gasteiger partial charge is 0.374 e. The molecule has 4 aromatic rings. The quantitative estimate of drug-likeness (QED) is 0.159. The van der Waals surface area contributed by atoms with Crippen LogP contribution in [0.3, 0.4) is 0 Å². The minimum Gasteiger partial charge on any atom is -0.374 e. The Morgan fingerprint density at radius 2 is 0.932 bits per heavy atom. The zero-order chi connectivity index (χ0) is 30.6. The van der Waals surface area contributed by atoms with Gasteiger partial charge >= 0.3 is 7.82 Å². The molecule has 2 N–H and O–H groups in total. The largest absolute Gasteiger partial charge is 0.472 e. The number of benzene rings is 4. The van der Waals surface area contributed by atoms with Crippen LogP contribution in [0.15, 0.2) is 121 Å². The molecule has 0 bridgehead atoms. The standard InChI is InChI=1S/C34H37O9P/c35-44(36,37)43-34-33(41-24-29-19-11-4-12-20-29)32(40-23-28-17-9-3-10-18-28)31(39-22-27-15-7-2-8-16-27)30(42-34)25-38-21-26-13-5-1-6-14-26/h1-20,30-34H,21-25H2,(H2,35,36,37)/t30-,31-,32+,33-,34?/m1/s1. The van der Waals surface area contributed by atoms with Gasteiger partial charge in [-0.3, -0.25) is 4.52 Å². The number of phosphoric ester groups is 1. The SMILES string of the molecule is O=P(O)(O)OC1O[C@H](COCc2ccccc2)[C@@H](OCc2ccccc2)[C@H](OCc2ccccc2)[C@H]1OCc1ccccc1. The maximum atomic E-state index is 12.1. The molecule has 5 atom stereocenters. The molecule has 0 saturated carbocycles. The first-order valence-electron chi connectivity index (χ1n) is 14.4. The van der Waals surface area contributed by atoms with Gasteiger partial charge in [0.25, 0.3) is 0 Å². The van der Waals surface area contributed by atoms with Crippen LogP contribution in [0.25, 0.3) is 0 Å². The fourth-order valence-corrected chi connectivity index (χ4v) is 5.41. The third-order valence-corrected chi connectivity index (χ3v) is 7.56. The van der Waals surface area contributed by atoms with Gasteiger partial charge in [0.1, 0.15) is 24.4 Å². The van der Waals surface area contributed by atoms with Gasteiger partial charge < -0.3 is 33.5 Å². The highest BCUT2D eigenvalue weighted by Crippen LogP contribution is 2.42. The van der Waals surface area contributed by atoms with Crippen LogP contribution in [0.2, 0.25) is 0 Å². The Hall–Kier alpha value is -3.21. The molecule has 1 fully saturated rings. The van der Waals surface area contributed by atoms with Crippen molar-refractivity contribution >= 4 is 7.82 Å². The molecule has 1 unspecified atom stereocenters. The van der Waals surface area contributed by atoms with Gasteiger partial charge in [-0.2, -0.15) is 0 Å². The summed E-state index contributed by atoms with van der Waals surface area (Å²) in [5.74, 6) is 0. The number of hydrogen-bond acceptors (Lipinski definition) is 7. The van der Waals surface area contributed by atoms with Crippen LogP contribution in [-0.2, 0) is 59.2 Å². The zero-order valence-electron chi connectivity index (χ0n) is 24.2. The van der Waals surface area contributed by atoms with E-state index in [9.17, 15) is 14.4 Å². The van der Waals surface area contributed by atoms with Crippen molar-refractivity contribution in [2.24, 2.45) is 0 Å². The van der Waals surface area contributed by atoms with Gasteiger partial charge in [0, 0.05) is 0 Å². The van der Waals surface area contributed by atoms with Crippen LogP contribution >= 0.6 is 7.82 Å². The Morgan fingerprint density at radius 3 is 1.36 bits per heavy atom. The third-order valence-electron chi connectivity index (χ3n) is 7.08. The number of hydrogen-bond donors (Lipinski definition) is 2. The minimum atomic E-state index is -5.00. The van der Waals surface area contributed by atoms with E-state index in [0.717, 1.165) is 22.3 Å². The summed E-state index contributed by atoms with van der Waals surface area (Å²) in [5, 5.41) is 0. The topological polar surface area (TPSA) is 113 Å². The van der Waals surface area contributed by atoms with Gasteiger partial charge in [-0.15, -0.1) is 0 Å². The first-order valence-corrected chi connectivity index (χ1v) is 16.0. The predicted octanol–water partition coefficient (Wildman–Crippen LogP) is 5.79. The molecule has 0 aliphatic carbocycles. The van der Waals surface area contributed by atoms with E-state index in [1.165, 1.54) is 0 Å². The maximum Gasteiger partial charge on any atom is 0.472 e. The normalized spacial score (nSPS) is 22.1. The molecule has 0 spiro atoms. The van der Waals surface area contributed by atoms with E-state index in [1.807, 2.05) is 121 Å². The van der Waals surface area contributed by atoms with Crippen molar-refractivity contribution in [2.45, 2.75) is 57.1 Å². The van der Waals surface area contributed by atoms with E-state index < -0.39 is 38.5 Å². The lowest BCUT2D eigenvalue weighted by Gasteiger charge is -2.45. The zero-order valence-corrected chi connectivity index (χ0v) is 25.1. The summed E-state index contributed by atoms with van der Waals surface area (Å²) in [6, 6.07) is 38.4. The van der Waals surface area contributed by atoms with Crippen LogP contribution in [0, 0.1) is 0 Å². The van der Waals surface area contributed by atoms with Crippen LogP contribution in [0.5, 0.6) is 0 Å². The minimum absolute atomic E-state index is 0.0476.